The first-order chi connectivity index (χ1) is 10.1. The van der Waals surface area contributed by atoms with E-state index in [0.717, 1.165) is 25.4 Å². The third kappa shape index (κ3) is 3.78. The van der Waals surface area contributed by atoms with E-state index in [-0.39, 0.29) is 5.92 Å². The highest BCUT2D eigenvalue weighted by Crippen LogP contribution is 2.34. The number of aliphatic carboxylic acids is 1. The van der Waals surface area contributed by atoms with Crippen molar-refractivity contribution in [2.45, 2.75) is 76.4 Å². The van der Waals surface area contributed by atoms with Gasteiger partial charge in [-0.15, -0.1) is 0 Å². The molecule has 0 aromatic rings. The van der Waals surface area contributed by atoms with Crippen molar-refractivity contribution in [1.82, 2.24) is 10.2 Å². The second-order valence-corrected chi connectivity index (χ2v) is 7.65. The molecule has 2 unspecified atom stereocenters. The number of rotatable bonds is 4. The lowest BCUT2D eigenvalue weighted by Crippen LogP contribution is -2.58. The maximum absolute atomic E-state index is 11.5. The number of likely N-dealkylation sites (tertiary alicyclic amines) is 1. The monoisotopic (exact) mass is 294 g/mol. The minimum Gasteiger partial charge on any atom is -0.481 e. The minimum absolute atomic E-state index is 0.184. The molecule has 0 spiro atoms. The Kier molecular flexibility index (Phi) is 4.85. The molecule has 3 fully saturated rings. The summed E-state index contributed by atoms with van der Waals surface area (Å²) in [6.07, 6.45) is 9.89. The second-order valence-electron chi connectivity index (χ2n) is 7.65. The van der Waals surface area contributed by atoms with Crippen LogP contribution in [0, 0.1) is 11.8 Å². The van der Waals surface area contributed by atoms with Crippen molar-refractivity contribution in [2.75, 3.05) is 13.1 Å². The van der Waals surface area contributed by atoms with Crippen molar-refractivity contribution in [1.29, 1.82) is 0 Å². The standard InChI is InChI=1S/C17H30N2O2/c1-12-7-16(8-12)19-10-13(17(20)21)9-15(11-19)18-14-5-3-2-4-6-14/h12-16,18H,2-11H2,1H3,(H,20,21). The Morgan fingerprint density at radius 1 is 1.05 bits per heavy atom. The van der Waals surface area contributed by atoms with Crippen LogP contribution in [0.5, 0.6) is 0 Å². The predicted octanol–water partition coefficient (Wildman–Crippen LogP) is 2.48. The molecule has 2 atom stereocenters. The summed E-state index contributed by atoms with van der Waals surface area (Å²) in [5.41, 5.74) is 0. The first-order valence-electron chi connectivity index (χ1n) is 8.84. The van der Waals surface area contributed by atoms with Crippen LogP contribution in [-0.4, -0.2) is 47.2 Å². The molecule has 2 saturated carbocycles. The van der Waals surface area contributed by atoms with Crippen molar-refractivity contribution in [2.24, 2.45) is 11.8 Å². The zero-order valence-electron chi connectivity index (χ0n) is 13.3. The molecular weight excluding hydrogens is 264 g/mol. The Balaban J connectivity index is 1.57. The average Bonchev–Trinajstić information content (AvgIpc) is 2.44. The summed E-state index contributed by atoms with van der Waals surface area (Å²) in [6, 6.07) is 1.63. The van der Waals surface area contributed by atoms with Crippen molar-refractivity contribution >= 4 is 5.97 Å². The molecular formula is C17H30N2O2. The van der Waals surface area contributed by atoms with Crippen molar-refractivity contribution in [3.8, 4) is 0 Å². The van der Waals surface area contributed by atoms with Gasteiger partial charge in [0.25, 0.3) is 0 Å². The topological polar surface area (TPSA) is 52.6 Å². The molecule has 1 saturated heterocycles. The molecule has 4 nitrogen and oxygen atoms in total. The van der Waals surface area contributed by atoms with Gasteiger partial charge in [0.15, 0.2) is 0 Å². The summed E-state index contributed by atoms with van der Waals surface area (Å²) in [5, 5.41) is 13.2. The lowest BCUT2D eigenvalue weighted by Gasteiger charge is -2.47. The fourth-order valence-corrected chi connectivity index (χ4v) is 4.49. The highest BCUT2D eigenvalue weighted by atomic mass is 16.4. The Morgan fingerprint density at radius 3 is 2.38 bits per heavy atom. The van der Waals surface area contributed by atoms with Crippen LogP contribution < -0.4 is 5.32 Å². The van der Waals surface area contributed by atoms with E-state index in [4.69, 9.17) is 0 Å². The molecule has 0 bridgehead atoms. The molecule has 4 heteroatoms. The maximum Gasteiger partial charge on any atom is 0.307 e. The van der Waals surface area contributed by atoms with Crippen LogP contribution in [0.1, 0.15) is 58.3 Å². The third-order valence-electron chi connectivity index (χ3n) is 5.77. The SMILES string of the molecule is CC1CC(N2CC(NC3CCCCC3)CC(C(=O)O)C2)C1. The molecule has 3 aliphatic rings. The van der Waals surface area contributed by atoms with Gasteiger partial charge in [-0.05, 0) is 38.0 Å². The summed E-state index contributed by atoms with van der Waals surface area (Å²) in [4.78, 5) is 13.9. The average molecular weight is 294 g/mol. The van der Waals surface area contributed by atoms with E-state index in [1.54, 1.807) is 0 Å². The molecule has 0 amide bonds. The molecule has 1 aliphatic heterocycles. The van der Waals surface area contributed by atoms with Gasteiger partial charge in [0.2, 0.25) is 0 Å². The van der Waals surface area contributed by atoms with E-state index in [9.17, 15) is 9.90 Å². The summed E-state index contributed by atoms with van der Waals surface area (Å²) in [7, 11) is 0. The maximum atomic E-state index is 11.5. The van der Waals surface area contributed by atoms with Crippen molar-refractivity contribution in [3.63, 3.8) is 0 Å². The molecule has 2 aliphatic carbocycles. The molecule has 2 N–H and O–H groups in total. The van der Waals surface area contributed by atoms with Crippen molar-refractivity contribution < 1.29 is 9.90 Å². The Morgan fingerprint density at radius 2 is 1.76 bits per heavy atom. The summed E-state index contributed by atoms with van der Waals surface area (Å²) in [6.45, 7) is 4.11. The highest BCUT2D eigenvalue weighted by molar-refractivity contribution is 5.70. The Bertz CT molecular complexity index is 362. The van der Waals surface area contributed by atoms with Gasteiger partial charge in [-0.1, -0.05) is 26.2 Å². The molecule has 1 heterocycles. The zero-order valence-corrected chi connectivity index (χ0v) is 13.3. The van der Waals surface area contributed by atoms with Crippen LogP contribution in [0.25, 0.3) is 0 Å². The van der Waals surface area contributed by atoms with E-state index in [0.29, 0.717) is 18.1 Å². The quantitative estimate of drug-likeness (QED) is 0.836. The van der Waals surface area contributed by atoms with Gasteiger partial charge in [-0.3, -0.25) is 9.69 Å². The largest absolute Gasteiger partial charge is 0.481 e. The van der Waals surface area contributed by atoms with Gasteiger partial charge in [-0.2, -0.15) is 0 Å². The first-order valence-corrected chi connectivity index (χ1v) is 8.84. The third-order valence-corrected chi connectivity index (χ3v) is 5.77. The van der Waals surface area contributed by atoms with Gasteiger partial charge in [0, 0.05) is 31.2 Å². The second kappa shape index (κ2) is 6.66. The fraction of sp³-hybridized carbons (Fsp3) is 0.941. The van der Waals surface area contributed by atoms with Gasteiger partial charge in [0.05, 0.1) is 5.92 Å². The number of hydrogen-bond acceptors (Lipinski definition) is 3. The normalized spacial score (nSPS) is 38.9. The molecule has 0 aromatic carbocycles. The van der Waals surface area contributed by atoms with Gasteiger partial charge in [-0.25, -0.2) is 0 Å². The van der Waals surface area contributed by atoms with E-state index >= 15 is 0 Å². The summed E-state index contributed by atoms with van der Waals surface area (Å²) >= 11 is 0. The molecule has 120 valence electrons. The number of nitrogens with zero attached hydrogens (tertiary/aromatic N) is 1. The number of piperidine rings is 1. The lowest BCUT2D eigenvalue weighted by molar-refractivity contribution is -0.145. The fourth-order valence-electron chi connectivity index (χ4n) is 4.49. The van der Waals surface area contributed by atoms with Crippen LogP contribution >= 0.6 is 0 Å². The van der Waals surface area contributed by atoms with E-state index in [1.807, 2.05) is 0 Å². The molecule has 3 rings (SSSR count). The number of carboxylic acids is 1. The van der Waals surface area contributed by atoms with Gasteiger partial charge >= 0.3 is 5.97 Å². The predicted molar refractivity (Wildman–Crippen MR) is 83.3 cm³/mol. The highest BCUT2D eigenvalue weighted by Gasteiger charge is 2.39. The first kappa shape index (κ1) is 15.3. The van der Waals surface area contributed by atoms with Crippen LogP contribution in [0.3, 0.4) is 0 Å². The smallest absolute Gasteiger partial charge is 0.307 e. The minimum atomic E-state index is -0.609. The molecule has 21 heavy (non-hydrogen) atoms. The summed E-state index contributed by atoms with van der Waals surface area (Å²) in [5.74, 6) is 0.0308. The van der Waals surface area contributed by atoms with Crippen LogP contribution in [0.2, 0.25) is 0 Å². The van der Waals surface area contributed by atoms with Crippen LogP contribution in [-0.2, 0) is 4.79 Å². The zero-order chi connectivity index (χ0) is 14.8. The van der Waals surface area contributed by atoms with E-state index in [2.05, 4.69) is 17.1 Å². The van der Waals surface area contributed by atoms with E-state index < -0.39 is 5.97 Å². The van der Waals surface area contributed by atoms with Crippen LogP contribution in [0.15, 0.2) is 0 Å². The molecule has 0 aromatic heterocycles. The number of carboxylic acid groups (broad SMARTS) is 1. The number of hydrogen-bond donors (Lipinski definition) is 2. The van der Waals surface area contributed by atoms with Gasteiger partial charge in [0.1, 0.15) is 0 Å². The Labute approximate surface area is 128 Å². The number of carbonyl (C=O) groups is 1. The Hall–Kier alpha value is -0.610. The van der Waals surface area contributed by atoms with Crippen molar-refractivity contribution in [3.05, 3.63) is 0 Å². The lowest BCUT2D eigenvalue weighted by atomic mass is 9.79. The summed E-state index contributed by atoms with van der Waals surface area (Å²) < 4.78 is 0. The van der Waals surface area contributed by atoms with E-state index in [1.165, 1.54) is 44.9 Å². The van der Waals surface area contributed by atoms with Gasteiger partial charge < -0.3 is 10.4 Å². The van der Waals surface area contributed by atoms with Crippen LogP contribution in [0.4, 0.5) is 0 Å². The number of nitrogens with one attached hydrogen (secondary N) is 1. The molecule has 0 radical (unpaired) electrons.